The Hall–Kier alpha value is 0.340. The second-order valence-corrected chi connectivity index (χ2v) is 9.32. The van der Waals surface area contributed by atoms with Crippen molar-refractivity contribution >= 4 is 35.8 Å². The van der Waals surface area contributed by atoms with Gasteiger partial charge >= 0.3 is 0 Å². The van der Waals surface area contributed by atoms with Gasteiger partial charge in [-0.25, -0.2) is 21.6 Å². The first kappa shape index (κ1) is 17.3. The van der Waals surface area contributed by atoms with Gasteiger partial charge in [0.2, 0.25) is 10.0 Å². The van der Waals surface area contributed by atoms with E-state index in [2.05, 4.69) is 20.7 Å². The number of nitrogens with one attached hydrogen (secondary N) is 1. The Kier molecular flexibility index (Phi) is 7.20. The van der Waals surface area contributed by atoms with Crippen LogP contribution in [-0.4, -0.2) is 46.0 Å². The first-order valence-corrected chi connectivity index (χ1v) is 10.1. The zero-order chi connectivity index (χ0) is 13.7. The van der Waals surface area contributed by atoms with Crippen LogP contribution in [0.5, 0.6) is 0 Å². The molecule has 17 heavy (non-hydrogen) atoms. The third-order valence-corrected chi connectivity index (χ3v) is 5.34. The normalized spacial score (nSPS) is 15.1. The summed E-state index contributed by atoms with van der Waals surface area (Å²) in [7, 11) is -6.79. The van der Waals surface area contributed by atoms with Crippen molar-refractivity contribution in [1.82, 2.24) is 4.72 Å². The largest absolute Gasteiger partial charge is 0.229 e. The van der Waals surface area contributed by atoms with Crippen molar-refractivity contribution in [2.75, 3.05) is 23.1 Å². The SMILES string of the molecule is CC(C)C(CCBr)NS(=O)(=O)CCS(C)(=O)=O. The Morgan fingerprint density at radius 2 is 1.65 bits per heavy atom. The monoisotopic (exact) mass is 349 g/mol. The molecule has 0 saturated heterocycles. The van der Waals surface area contributed by atoms with Crippen LogP contribution in [0.1, 0.15) is 20.3 Å². The maximum Gasteiger partial charge on any atom is 0.212 e. The summed E-state index contributed by atoms with van der Waals surface area (Å²) in [5.41, 5.74) is 0. The Morgan fingerprint density at radius 1 is 1.12 bits per heavy atom. The highest BCUT2D eigenvalue weighted by atomic mass is 79.9. The summed E-state index contributed by atoms with van der Waals surface area (Å²) in [4.78, 5) is 0. The standard InChI is InChI=1S/C9H20BrNO4S2/c1-8(2)9(4-5-10)11-17(14,15)7-6-16(3,12)13/h8-9,11H,4-7H2,1-3H3. The maximum absolute atomic E-state index is 11.7. The summed E-state index contributed by atoms with van der Waals surface area (Å²) >= 11 is 3.27. The molecule has 0 rings (SSSR count). The topological polar surface area (TPSA) is 80.3 Å². The first-order chi connectivity index (χ1) is 7.57. The van der Waals surface area contributed by atoms with Crippen molar-refractivity contribution in [1.29, 1.82) is 0 Å². The van der Waals surface area contributed by atoms with Crippen LogP contribution >= 0.6 is 15.9 Å². The number of sulfonamides is 1. The predicted molar refractivity (Wildman–Crippen MR) is 73.7 cm³/mol. The Labute approximate surface area is 112 Å². The van der Waals surface area contributed by atoms with Crippen LogP contribution in [0, 0.1) is 5.92 Å². The van der Waals surface area contributed by atoms with Crippen molar-refractivity contribution in [3.8, 4) is 0 Å². The van der Waals surface area contributed by atoms with Gasteiger partial charge in [0.1, 0.15) is 9.84 Å². The molecule has 0 spiro atoms. The molecule has 0 heterocycles. The summed E-state index contributed by atoms with van der Waals surface area (Å²) < 4.78 is 47.7. The fourth-order valence-electron chi connectivity index (χ4n) is 1.20. The van der Waals surface area contributed by atoms with Crippen LogP contribution in [0.4, 0.5) is 0 Å². The van der Waals surface area contributed by atoms with Gasteiger partial charge in [-0.15, -0.1) is 0 Å². The van der Waals surface area contributed by atoms with E-state index in [-0.39, 0.29) is 23.5 Å². The van der Waals surface area contributed by atoms with Gasteiger partial charge < -0.3 is 0 Å². The summed E-state index contributed by atoms with van der Waals surface area (Å²) in [6.07, 6.45) is 1.71. The highest BCUT2D eigenvalue weighted by Crippen LogP contribution is 2.09. The third kappa shape index (κ3) is 8.98. The highest BCUT2D eigenvalue weighted by Gasteiger charge is 2.21. The lowest BCUT2D eigenvalue weighted by Gasteiger charge is -2.21. The fraction of sp³-hybridized carbons (Fsp3) is 1.00. The van der Waals surface area contributed by atoms with E-state index in [0.717, 1.165) is 6.26 Å². The summed E-state index contributed by atoms with van der Waals surface area (Å²) in [6.45, 7) is 3.85. The molecule has 104 valence electrons. The van der Waals surface area contributed by atoms with E-state index in [1.54, 1.807) is 0 Å². The summed E-state index contributed by atoms with van der Waals surface area (Å²) in [5.74, 6) is -0.556. The molecule has 0 radical (unpaired) electrons. The number of hydrogen-bond acceptors (Lipinski definition) is 4. The molecule has 0 aliphatic rings. The average Bonchev–Trinajstić information content (AvgIpc) is 2.13. The van der Waals surface area contributed by atoms with Crippen LogP contribution in [-0.2, 0) is 19.9 Å². The molecular formula is C9H20BrNO4S2. The quantitative estimate of drug-likeness (QED) is 0.656. The molecule has 1 unspecified atom stereocenters. The maximum atomic E-state index is 11.7. The van der Waals surface area contributed by atoms with E-state index in [1.807, 2.05) is 13.8 Å². The molecule has 1 N–H and O–H groups in total. The molecule has 0 saturated carbocycles. The lowest BCUT2D eigenvalue weighted by atomic mass is 10.0. The van der Waals surface area contributed by atoms with Crippen molar-refractivity contribution in [2.24, 2.45) is 5.92 Å². The molecule has 0 amide bonds. The lowest BCUT2D eigenvalue weighted by molar-refractivity contribution is 0.440. The Bertz CT molecular complexity index is 416. The average molecular weight is 350 g/mol. The highest BCUT2D eigenvalue weighted by molar-refractivity contribution is 9.09. The molecule has 0 aliphatic carbocycles. The zero-order valence-corrected chi connectivity index (χ0v) is 13.5. The van der Waals surface area contributed by atoms with E-state index in [9.17, 15) is 16.8 Å². The van der Waals surface area contributed by atoms with Gasteiger partial charge in [-0.3, -0.25) is 0 Å². The van der Waals surface area contributed by atoms with E-state index in [0.29, 0.717) is 11.8 Å². The van der Waals surface area contributed by atoms with Gasteiger partial charge in [0.25, 0.3) is 0 Å². The van der Waals surface area contributed by atoms with Crippen molar-refractivity contribution in [3.63, 3.8) is 0 Å². The van der Waals surface area contributed by atoms with Gasteiger partial charge in [-0.05, 0) is 12.3 Å². The van der Waals surface area contributed by atoms with Crippen LogP contribution in [0.2, 0.25) is 0 Å². The van der Waals surface area contributed by atoms with Crippen molar-refractivity contribution in [2.45, 2.75) is 26.3 Å². The molecular weight excluding hydrogens is 330 g/mol. The minimum Gasteiger partial charge on any atom is -0.229 e. The van der Waals surface area contributed by atoms with Crippen LogP contribution in [0.3, 0.4) is 0 Å². The number of rotatable bonds is 8. The van der Waals surface area contributed by atoms with Crippen molar-refractivity contribution in [3.05, 3.63) is 0 Å². The summed E-state index contributed by atoms with van der Waals surface area (Å²) in [6, 6.07) is -0.168. The first-order valence-electron chi connectivity index (χ1n) is 5.31. The van der Waals surface area contributed by atoms with E-state index in [4.69, 9.17) is 0 Å². The molecule has 0 aromatic heterocycles. The molecule has 5 nitrogen and oxygen atoms in total. The predicted octanol–water partition coefficient (Wildman–Crippen LogP) is 0.760. The third-order valence-electron chi connectivity index (χ3n) is 2.28. The molecule has 0 bridgehead atoms. The second-order valence-electron chi connectivity index (χ2n) is 4.39. The number of sulfone groups is 1. The smallest absolute Gasteiger partial charge is 0.212 e. The van der Waals surface area contributed by atoms with E-state index in [1.165, 1.54) is 0 Å². The summed E-state index contributed by atoms with van der Waals surface area (Å²) in [5, 5.41) is 0.699. The zero-order valence-electron chi connectivity index (χ0n) is 10.3. The van der Waals surface area contributed by atoms with Crippen molar-refractivity contribution < 1.29 is 16.8 Å². The minimum absolute atomic E-state index is 0.167. The molecule has 0 aromatic rings. The van der Waals surface area contributed by atoms with Gasteiger partial charge in [0, 0.05) is 17.6 Å². The van der Waals surface area contributed by atoms with E-state index >= 15 is 0 Å². The number of halogens is 1. The van der Waals surface area contributed by atoms with Gasteiger partial charge in [0.05, 0.1) is 11.5 Å². The number of alkyl halides is 1. The van der Waals surface area contributed by atoms with Gasteiger partial charge in [-0.1, -0.05) is 29.8 Å². The molecule has 1 atom stereocenters. The van der Waals surface area contributed by atoms with E-state index < -0.39 is 19.9 Å². The molecule has 8 heteroatoms. The van der Waals surface area contributed by atoms with Crippen LogP contribution < -0.4 is 4.72 Å². The van der Waals surface area contributed by atoms with Gasteiger partial charge in [0.15, 0.2) is 0 Å². The van der Waals surface area contributed by atoms with Crippen LogP contribution in [0.15, 0.2) is 0 Å². The minimum atomic E-state index is -3.53. The van der Waals surface area contributed by atoms with Gasteiger partial charge in [-0.2, -0.15) is 0 Å². The lowest BCUT2D eigenvalue weighted by Crippen LogP contribution is -2.41. The molecule has 0 fully saturated rings. The molecule has 0 aliphatic heterocycles. The Balaban J connectivity index is 4.51. The Morgan fingerprint density at radius 3 is 2.00 bits per heavy atom. The molecule has 0 aromatic carbocycles. The van der Waals surface area contributed by atoms with Crippen LogP contribution in [0.25, 0.3) is 0 Å². The number of hydrogen-bond donors (Lipinski definition) is 1. The fourth-order valence-corrected chi connectivity index (χ4v) is 4.75. The second kappa shape index (κ2) is 7.06.